The molecule has 0 fully saturated rings. The third-order valence-corrected chi connectivity index (χ3v) is 6.00. The van der Waals surface area contributed by atoms with Crippen LogP contribution < -0.4 is 4.90 Å². The minimum absolute atomic E-state index is 0.0272. The number of likely N-dealkylation sites (N-methyl/N-ethyl adjacent to an activating group) is 1. The van der Waals surface area contributed by atoms with Gasteiger partial charge in [-0.05, 0) is 80.6 Å². The molecule has 2 aliphatic rings. The van der Waals surface area contributed by atoms with E-state index in [9.17, 15) is 4.79 Å². The maximum absolute atomic E-state index is 11.8. The zero-order valence-corrected chi connectivity index (χ0v) is 17.5. The van der Waals surface area contributed by atoms with Crippen molar-refractivity contribution in [1.82, 2.24) is 0 Å². The van der Waals surface area contributed by atoms with Gasteiger partial charge in [-0.25, -0.2) is 0 Å². The number of carbonyl (C=O) groups excluding carboxylic acids is 1. The second-order valence-corrected chi connectivity index (χ2v) is 8.56. The van der Waals surface area contributed by atoms with Crippen LogP contribution in [0.5, 0.6) is 0 Å². The van der Waals surface area contributed by atoms with Gasteiger partial charge in [0.1, 0.15) is 0 Å². The minimum Gasteiger partial charge on any atom is -0.347 e. The number of Topliss-reactive ketones (excluding diaryl/α,β-unsaturated/α-hetero) is 1. The van der Waals surface area contributed by atoms with Crippen molar-refractivity contribution in [2.24, 2.45) is 0 Å². The van der Waals surface area contributed by atoms with E-state index < -0.39 is 0 Å². The Labute approximate surface area is 164 Å². The molecule has 0 saturated heterocycles. The van der Waals surface area contributed by atoms with E-state index in [4.69, 9.17) is 0 Å². The molecule has 1 aromatic carbocycles. The summed E-state index contributed by atoms with van der Waals surface area (Å²) in [6.07, 6.45) is 8.16. The van der Waals surface area contributed by atoms with Gasteiger partial charge in [0.2, 0.25) is 5.78 Å². The minimum atomic E-state index is -0.0272. The fraction of sp³-hybridized carbons (Fsp3) is 0.211. The highest BCUT2D eigenvalue weighted by molar-refractivity contribution is 14.1. The molecule has 0 atom stereocenters. The standard InChI is InChI=1S/C19H17I2NO/c1-19(2)13-6-4-5-7-16(13)22(3)17(19)9-8-12-10-14(20)18(23)15(21)11-12/h4-11H,1-3H3. The number of ketones is 1. The second-order valence-electron chi connectivity index (χ2n) is 6.23. The normalized spacial score (nSPS) is 21.3. The number of allylic oxidation sites excluding steroid dienone is 8. The SMILES string of the molecule is CN1C(=CC=C2C=C(I)C(=O)C(I)=C2)C(C)(C)c2ccccc21. The Balaban J connectivity index is 2.02. The summed E-state index contributed by atoms with van der Waals surface area (Å²) in [6, 6.07) is 8.54. The van der Waals surface area contributed by atoms with Gasteiger partial charge in [-0.3, -0.25) is 4.79 Å². The Hall–Kier alpha value is -0.890. The fourth-order valence-electron chi connectivity index (χ4n) is 3.15. The van der Waals surface area contributed by atoms with E-state index in [2.05, 4.69) is 107 Å². The largest absolute Gasteiger partial charge is 0.347 e. The van der Waals surface area contributed by atoms with Crippen LogP contribution in [0.1, 0.15) is 19.4 Å². The summed E-state index contributed by atoms with van der Waals surface area (Å²) in [5, 5.41) is 0. The molecule has 0 amide bonds. The number of fused-ring (bicyclic) bond motifs is 1. The van der Waals surface area contributed by atoms with E-state index in [-0.39, 0.29) is 11.2 Å². The fourth-order valence-corrected chi connectivity index (χ4v) is 4.97. The maximum Gasteiger partial charge on any atom is 0.205 e. The van der Waals surface area contributed by atoms with E-state index in [1.807, 2.05) is 12.2 Å². The van der Waals surface area contributed by atoms with Crippen molar-refractivity contribution in [3.8, 4) is 0 Å². The monoisotopic (exact) mass is 529 g/mol. The molecule has 0 saturated carbocycles. The second kappa shape index (κ2) is 6.20. The van der Waals surface area contributed by atoms with Gasteiger partial charge in [-0.15, -0.1) is 0 Å². The molecule has 1 heterocycles. The highest BCUT2D eigenvalue weighted by atomic mass is 127. The van der Waals surface area contributed by atoms with Crippen LogP contribution >= 0.6 is 45.2 Å². The third kappa shape index (κ3) is 2.95. The first-order chi connectivity index (χ1) is 10.8. The summed E-state index contributed by atoms with van der Waals surface area (Å²) in [6.45, 7) is 4.51. The van der Waals surface area contributed by atoms with Crippen LogP contribution in [0, 0.1) is 0 Å². The number of para-hydroxylation sites is 1. The zero-order chi connectivity index (χ0) is 16.8. The summed E-state index contributed by atoms with van der Waals surface area (Å²) < 4.78 is 1.53. The van der Waals surface area contributed by atoms with Gasteiger partial charge >= 0.3 is 0 Å². The number of hydrogen-bond acceptors (Lipinski definition) is 2. The van der Waals surface area contributed by atoms with Crippen LogP contribution in [0.3, 0.4) is 0 Å². The van der Waals surface area contributed by atoms with Gasteiger partial charge in [0.05, 0.1) is 7.16 Å². The van der Waals surface area contributed by atoms with E-state index in [1.165, 1.54) is 16.9 Å². The summed E-state index contributed by atoms with van der Waals surface area (Å²) in [5.41, 5.74) is 4.90. The lowest BCUT2D eigenvalue weighted by atomic mass is 9.83. The molecule has 2 nitrogen and oxygen atoms in total. The molecule has 0 N–H and O–H groups in total. The number of hydrogen-bond donors (Lipinski definition) is 0. The molecule has 0 unspecified atom stereocenters. The lowest BCUT2D eigenvalue weighted by molar-refractivity contribution is -0.110. The smallest absolute Gasteiger partial charge is 0.205 e. The van der Waals surface area contributed by atoms with Crippen molar-refractivity contribution >= 4 is 56.7 Å². The molecule has 3 rings (SSSR count). The van der Waals surface area contributed by atoms with Gasteiger partial charge in [0, 0.05) is 23.8 Å². The van der Waals surface area contributed by atoms with Crippen LogP contribution in [0.15, 0.2) is 67.0 Å². The molecular weight excluding hydrogens is 512 g/mol. The molecule has 0 bridgehead atoms. The molecule has 0 spiro atoms. The molecule has 0 aromatic heterocycles. The summed E-state index contributed by atoms with van der Waals surface area (Å²) >= 11 is 4.21. The molecule has 1 aliphatic carbocycles. The van der Waals surface area contributed by atoms with E-state index in [1.54, 1.807) is 0 Å². The third-order valence-electron chi connectivity index (χ3n) is 4.39. The van der Waals surface area contributed by atoms with Crippen LogP contribution in [-0.4, -0.2) is 12.8 Å². The maximum atomic E-state index is 11.8. The molecule has 118 valence electrons. The lowest BCUT2D eigenvalue weighted by Gasteiger charge is -2.23. The Morgan fingerprint density at radius 2 is 1.65 bits per heavy atom. The lowest BCUT2D eigenvalue weighted by Crippen LogP contribution is -2.22. The first kappa shape index (κ1) is 17.0. The predicted octanol–water partition coefficient (Wildman–Crippen LogP) is 5.44. The van der Waals surface area contributed by atoms with Crippen LogP contribution in [0.4, 0.5) is 5.69 Å². The van der Waals surface area contributed by atoms with Crippen LogP contribution in [0.25, 0.3) is 0 Å². The summed E-state index contributed by atoms with van der Waals surface area (Å²) in [7, 11) is 2.11. The summed E-state index contributed by atoms with van der Waals surface area (Å²) in [4.78, 5) is 14.1. The van der Waals surface area contributed by atoms with Crippen molar-refractivity contribution in [1.29, 1.82) is 0 Å². The van der Waals surface area contributed by atoms with Crippen LogP contribution in [-0.2, 0) is 10.2 Å². The molecular formula is C19H17I2NO. The molecule has 0 radical (unpaired) electrons. The number of carbonyl (C=O) groups is 1. The van der Waals surface area contributed by atoms with Crippen molar-refractivity contribution in [2.45, 2.75) is 19.3 Å². The van der Waals surface area contributed by atoms with Crippen LogP contribution in [0.2, 0.25) is 0 Å². The van der Waals surface area contributed by atoms with E-state index in [0.717, 1.165) is 12.7 Å². The van der Waals surface area contributed by atoms with Crippen molar-refractivity contribution in [3.05, 3.63) is 72.6 Å². The van der Waals surface area contributed by atoms with Gasteiger partial charge in [-0.1, -0.05) is 38.1 Å². The topological polar surface area (TPSA) is 20.3 Å². The number of anilines is 1. The Morgan fingerprint density at radius 3 is 2.26 bits per heavy atom. The average molecular weight is 529 g/mol. The highest BCUT2D eigenvalue weighted by Crippen LogP contribution is 2.46. The van der Waals surface area contributed by atoms with Gasteiger partial charge in [-0.2, -0.15) is 0 Å². The Morgan fingerprint density at radius 1 is 1.04 bits per heavy atom. The molecule has 23 heavy (non-hydrogen) atoms. The van der Waals surface area contributed by atoms with Crippen molar-refractivity contribution in [2.75, 3.05) is 11.9 Å². The number of rotatable bonds is 1. The zero-order valence-electron chi connectivity index (χ0n) is 13.2. The Bertz CT molecular complexity index is 788. The van der Waals surface area contributed by atoms with Crippen molar-refractivity contribution in [3.63, 3.8) is 0 Å². The average Bonchev–Trinajstić information content (AvgIpc) is 2.70. The number of benzene rings is 1. The Kier molecular flexibility index (Phi) is 4.57. The number of nitrogens with zero attached hydrogens (tertiary/aromatic N) is 1. The van der Waals surface area contributed by atoms with E-state index >= 15 is 0 Å². The predicted molar refractivity (Wildman–Crippen MR) is 113 cm³/mol. The number of halogens is 2. The van der Waals surface area contributed by atoms with Gasteiger partial charge in [0.25, 0.3) is 0 Å². The first-order valence-electron chi connectivity index (χ1n) is 7.37. The van der Waals surface area contributed by atoms with Gasteiger partial charge < -0.3 is 4.90 Å². The van der Waals surface area contributed by atoms with E-state index in [0.29, 0.717) is 0 Å². The van der Waals surface area contributed by atoms with Gasteiger partial charge in [0.15, 0.2) is 0 Å². The molecule has 1 aliphatic heterocycles. The molecule has 4 heteroatoms. The highest BCUT2D eigenvalue weighted by Gasteiger charge is 2.37. The van der Waals surface area contributed by atoms with Crippen molar-refractivity contribution < 1.29 is 4.79 Å². The first-order valence-corrected chi connectivity index (χ1v) is 9.53. The molecule has 1 aromatic rings. The summed E-state index contributed by atoms with van der Waals surface area (Å²) in [5.74, 6) is 0.113. The quantitative estimate of drug-likeness (QED) is 0.452.